The molecule has 2 amide bonds. The Morgan fingerprint density at radius 3 is 1.81 bits per heavy atom. The fraction of sp³-hybridized carbons (Fsp3) is 0.333. The van der Waals surface area contributed by atoms with E-state index in [1.54, 1.807) is 12.1 Å². The maximum Gasteiger partial charge on any atom is 0.276 e. The number of rotatable bonds is 6. The molecule has 2 rings (SSSR count). The lowest BCUT2D eigenvalue weighted by Crippen LogP contribution is -2.43. The van der Waals surface area contributed by atoms with E-state index in [1.807, 2.05) is 36.4 Å². The van der Waals surface area contributed by atoms with Gasteiger partial charge in [0.2, 0.25) is 0 Å². The fourth-order valence-corrected chi connectivity index (χ4v) is 2.35. The lowest BCUT2D eigenvalue weighted by molar-refractivity contribution is -0.123. The van der Waals surface area contributed by atoms with Gasteiger partial charge < -0.3 is 4.74 Å². The summed E-state index contributed by atoms with van der Waals surface area (Å²) in [5.74, 6) is 0.663. The molecular formula is C21H26N2O3. The number of hydrogen-bond donors (Lipinski definition) is 2. The van der Waals surface area contributed by atoms with E-state index in [2.05, 4.69) is 38.5 Å². The van der Waals surface area contributed by atoms with Crippen LogP contribution in [0, 0.1) is 0 Å². The number of amides is 2. The van der Waals surface area contributed by atoms with Crippen LogP contribution in [-0.2, 0) is 4.79 Å². The minimum atomic E-state index is -0.426. The smallest absolute Gasteiger partial charge is 0.276 e. The van der Waals surface area contributed by atoms with Crippen molar-refractivity contribution in [2.75, 3.05) is 6.61 Å². The summed E-state index contributed by atoms with van der Waals surface area (Å²) in [7, 11) is 0. The van der Waals surface area contributed by atoms with Crippen molar-refractivity contribution in [1.82, 2.24) is 10.9 Å². The first kappa shape index (κ1) is 19.5. The second-order valence-electron chi connectivity index (χ2n) is 6.79. The standard InChI is InChI=1S/C21H26N2O3/c1-14(2)16-5-7-18(8-6-16)21(25)23-22-20(24)13-26-19-11-9-17(10-12-19)15(3)4/h5-12,14-15H,13H2,1-4H3,(H,22,24)(H,23,25). The van der Waals surface area contributed by atoms with Crippen LogP contribution in [0.2, 0.25) is 0 Å². The van der Waals surface area contributed by atoms with Crippen LogP contribution in [0.5, 0.6) is 5.75 Å². The zero-order valence-corrected chi connectivity index (χ0v) is 15.7. The highest BCUT2D eigenvalue weighted by molar-refractivity contribution is 5.95. The summed E-state index contributed by atoms with van der Waals surface area (Å²) in [6.45, 7) is 8.23. The summed E-state index contributed by atoms with van der Waals surface area (Å²) in [6, 6.07) is 14.9. The first-order valence-electron chi connectivity index (χ1n) is 8.78. The van der Waals surface area contributed by atoms with Gasteiger partial charge in [-0.25, -0.2) is 0 Å². The molecule has 0 heterocycles. The van der Waals surface area contributed by atoms with Crippen molar-refractivity contribution in [2.45, 2.75) is 39.5 Å². The Kier molecular flexibility index (Phi) is 6.78. The van der Waals surface area contributed by atoms with Crippen molar-refractivity contribution in [2.24, 2.45) is 0 Å². The first-order chi connectivity index (χ1) is 12.4. The molecule has 0 atom stereocenters. The number of carbonyl (C=O) groups is 2. The Morgan fingerprint density at radius 1 is 0.808 bits per heavy atom. The fourth-order valence-electron chi connectivity index (χ4n) is 2.35. The Balaban J connectivity index is 1.78. The summed E-state index contributed by atoms with van der Waals surface area (Å²) in [5.41, 5.74) is 7.59. The molecule has 2 N–H and O–H groups in total. The van der Waals surface area contributed by atoms with Gasteiger partial charge in [0.25, 0.3) is 11.8 Å². The van der Waals surface area contributed by atoms with Gasteiger partial charge in [0.05, 0.1) is 0 Å². The molecule has 0 radical (unpaired) electrons. The normalized spacial score (nSPS) is 10.7. The lowest BCUT2D eigenvalue weighted by Gasteiger charge is -2.11. The Bertz CT molecular complexity index is 735. The average Bonchev–Trinajstić information content (AvgIpc) is 2.64. The molecular weight excluding hydrogens is 328 g/mol. The van der Waals surface area contributed by atoms with Gasteiger partial charge in [-0.3, -0.25) is 20.4 Å². The number of carbonyl (C=O) groups excluding carboxylic acids is 2. The molecule has 0 aromatic heterocycles. The quantitative estimate of drug-likeness (QED) is 0.776. The third-order valence-corrected chi connectivity index (χ3v) is 4.07. The number of hydrazine groups is 1. The lowest BCUT2D eigenvalue weighted by atomic mass is 10.0. The Morgan fingerprint density at radius 2 is 1.31 bits per heavy atom. The zero-order chi connectivity index (χ0) is 19.1. The summed E-state index contributed by atoms with van der Waals surface area (Å²) in [6.07, 6.45) is 0. The van der Waals surface area contributed by atoms with Crippen molar-refractivity contribution in [3.05, 3.63) is 65.2 Å². The van der Waals surface area contributed by atoms with E-state index in [1.165, 1.54) is 5.56 Å². The van der Waals surface area contributed by atoms with E-state index in [0.717, 1.165) is 5.56 Å². The van der Waals surface area contributed by atoms with Crippen LogP contribution < -0.4 is 15.6 Å². The van der Waals surface area contributed by atoms with Crippen LogP contribution in [0.3, 0.4) is 0 Å². The second-order valence-corrected chi connectivity index (χ2v) is 6.79. The molecule has 0 bridgehead atoms. The molecule has 0 saturated carbocycles. The van der Waals surface area contributed by atoms with E-state index in [4.69, 9.17) is 4.74 Å². The van der Waals surface area contributed by atoms with E-state index >= 15 is 0 Å². The topological polar surface area (TPSA) is 67.4 Å². The van der Waals surface area contributed by atoms with Crippen molar-refractivity contribution in [3.63, 3.8) is 0 Å². The molecule has 0 aliphatic carbocycles. The number of hydrogen-bond acceptors (Lipinski definition) is 3. The molecule has 138 valence electrons. The Hall–Kier alpha value is -2.82. The van der Waals surface area contributed by atoms with Gasteiger partial charge in [-0.15, -0.1) is 0 Å². The highest BCUT2D eigenvalue weighted by atomic mass is 16.5. The molecule has 26 heavy (non-hydrogen) atoms. The van der Waals surface area contributed by atoms with Crippen molar-refractivity contribution < 1.29 is 14.3 Å². The van der Waals surface area contributed by atoms with Gasteiger partial charge in [-0.1, -0.05) is 52.0 Å². The van der Waals surface area contributed by atoms with Gasteiger partial charge >= 0.3 is 0 Å². The van der Waals surface area contributed by atoms with Gasteiger partial charge in [0, 0.05) is 5.56 Å². The van der Waals surface area contributed by atoms with E-state index in [0.29, 0.717) is 23.1 Å². The van der Waals surface area contributed by atoms with Crippen molar-refractivity contribution in [1.29, 1.82) is 0 Å². The summed E-state index contributed by atoms with van der Waals surface area (Å²) in [4.78, 5) is 23.9. The van der Waals surface area contributed by atoms with Crippen LogP contribution in [0.4, 0.5) is 0 Å². The molecule has 0 aliphatic rings. The van der Waals surface area contributed by atoms with Gasteiger partial charge in [0.1, 0.15) is 5.75 Å². The van der Waals surface area contributed by atoms with Crippen LogP contribution in [0.1, 0.15) is 61.0 Å². The summed E-state index contributed by atoms with van der Waals surface area (Å²) in [5, 5.41) is 0. The average molecular weight is 354 g/mol. The monoisotopic (exact) mass is 354 g/mol. The largest absolute Gasteiger partial charge is 0.484 e. The molecule has 5 nitrogen and oxygen atoms in total. The highest BCUT2D eigenvalue weighted by Gasteiger charge is 2.09. The van der Waals surface area contributed by atoms with Crippen LogP contribution in [0.25, 0.3) is 0 Å². The third-order valence-electron chi connectivity index (χ3n) is 4.07. The number of benzene rings is 2. The predicted molar refractivity (Wildman–Crippen MR) is 102 cm³/mol. The molecule has 0 spiro atoms. The van der Waals surface area contributed by atoms with Gasteiger partial charge in [0.15, 0.2) is 6.61 Å². The molecule has 0 aliphatic heterocycles. The Labute approximate surface area is 154 Å². The van der Waals surface area contributed by atoms with Crippen LogP contribution in [0.15, 0.2) is 48.5 Å². The van der Waals surface area contributed by atoms with Crippen molar-refractivity contribution >= 4 is 11.8 Å². The molecule has 0 unspecified atom stereocenters. The maximum absolute atomic E-state index is 12.0. The molecule has 5 heteroatoms. The van der Waals surface area contributed by atoms with Crippen LogP contribution in [-0.4, -0.2) is 18.4 Å². The molecule has 0 fully saturated rings. The second kappa shape index (κ2) is 9.04. The summed E-state index contributed by atoms with van der Waals surface area (Å²) >= 11 is 0. The number of nitrogens with one attached hydrogen (secondary N) is 2. The third kappa shape index (κ3) is 5.62. The van der Waals surface area contributed by atoms with Gasteiger partial charge in [-0.2, -0.15) is 0 Å². The molecule has 2 aromatic rings. The summed E-state index contributed by atoms with van der Waals surface area (Å²) < 4.78 is 5.42. The van der Waals surface area contributed by atoms with E-state index in [9.17, 15) is 9.59 Å². The molecule has 2 aromatic carbocycles. The van der Waals surface area contributed by atoms with Gasteiger partial charge in [-0.05, 0) is 47.2 Å². The minimum Gasteiger partial charge on any atom is -0.484 e. The predicted octanol–water partition coefficient (Wildman–Crippen LogP) is 3.77. The highest BCUT2D eigenvalue weighted by Crippen LogP contribution is 2.18. The number of ether oxygens (including phenoxy) is 1. The zero-order valence-electron chi connectivity index (χ0n) is 15.7. The maximum atomic E-state index is 12.0. The van der Waals surface area contributed by atoms with E-state index in [-0.39, 0.29) is 12.5 Å². The minimum absolute atomic E-state index is 0.173. The first-order valence-corrected chi connectivity index (χ1v) is 8.78. The SMILES string of the molecule is CC(C)c1ccc(OCC(=O)NNC(=O)c2ccc(C(C)C)cc2)cc1. The molecule has 0 saturated heterocycles. The van der Waals surface area contributed by atoms with Crippen LogP contribution >= 0.6 is 0 Å². The van der Waals surface area contributed by atoms with Crippen molar-refractivity contribution in [3.8, 4) is 5.75 Å². The van der Waals surface area contributed by atoms with E-state index < -0.39 is 5.91 Å².